The van der Waals surface area contributed by atoms with Gasteiger partial charge in [-0.05, 0) is 38.5 Å². The molecule has 0 bridgehead atoms. The first-order chi connectivity index (χ1) is 14.7. The summed E-state index contributed by atoms with van der Waals surface area (Å²) >= 11 is 1.29. The summed E-state index contributed by atoms with van der Waals surface area (Å²) in [6, 6.07) is 0.459. The highest BCUT2D eigenvalue weighted by molar-refractivity contribution is 7.90. The van der Waals surface area contributed by atoms with Crippen molar-refractivity contribution >= 4 is 27.5 Å². The van der Waals surface area contributed by atoms with Crippen molar-refractivity contribution in [2.45, 2.75) is 81.3 Å². The number of nitrogens with zero attached hydrogens (tertiary/aromatic N) is 3. The second kappa shape index (κ2) is 8.86. The molecule has 2 heterocycles. The van der Waals surface area contributed by atoms with Gasteiger partial charge in [0.2, 0.25) is 5.88 Å². The molecule has 1 amide bonds. The molecule has 2 aliphatic carbocycles. The molecule has 0 atom stereocenters. The molecule has 2 saturated carbocycles. The number of carbonyl (C=O) groups excluding carboxylic acids is 1. The Labute approximate surface area is 183 Å². The molecule has 12 heteroatoms. The Morgan fingerprint density at radius 1 is 1.06 bits per heavy atom. The van der Waals surface area contributed by atoms with E-state index in [1.54, 1.807) is 5.38 Å². The van der Waals surface area contributed by atoms with Crippen molar-refractivity contribution in [2.75, 3.05) is 13.1 Å². The second-order valence-corrected chi connectivity index (χ2v) is 11.3. The van der Waals surface area contributed by atoms with Crippen LogP contribution in [0.1, 0.15) is 68.7 Å². The van der Waals surface area contributed by atoms with E-state index in [1.165, 1.54) is 17.8 Å². The van der Waals surface area contributed by atoms with Gasteiger partial charge in [-0.2, -0.15) is 17.5 Å². The van der Waals surface area contributed by atoms with Crippen LogP contribution in [0, 0.1) is 0 Å². The summed E-state index contributed by atoms with van der Waals surface area (Å²) < 4.78 is 67.3. The van der Waals surface area contributed by atoms with Crippen LogP contribution in [0.4, 0.5) is 18.0 Å². The first kappa shape index (κ1) is 22.8. The van der Waals surface area contributed by atoms with Gasteiger partial charge in [-0.3, -0.25) is 0 Å². The number of sulfonamides is 1. The maximum Gasteiger partial charge on any atom is 0.511 e. The lowest BCUT2D eigenvalue weighted by Gasteiger charge is -2.33. The number of hydrogen-bond donors (Lipinski definition) is 0. The van der Waals surface area contributed by atoms with E-state index in [2.05, 4.69) is 4.98 Å². The van der Waals surface area contributed by atoms with E-state index < -0.39 is 15.5 Å². The Bertz CT molecular complexity index is 887. The van der Waals surface area contributed by atoms with Gasteiger partial charge in [-0.15, -0.1) is 11.3 Å². The van der Waals surface area contributed by atoms with Gasteiger partial charge in [-0.25, -0.2) is 18.2 Å². The molecule has 1 saturated heterocycles. The minimum atomic E-state index is -5.30. The highest BCUT2D eigenvalue weighted by atomic mass is 32.2. The smallest absolute Gasteiger partial charge is 0.390 e. The predicted octanol–water partition coefficient (Wildman–Crippen LogP) is 4.47. The third kappa shape index (κ3) is 5.00. The zero-order chi connectivity index (χ0) is 22.2. The van der Waals surface area contributed by atoms with E-state index in [0.717, 1.165) is 38.5 Å². The van der Waals surface area contributed by atoms with Crippen LogP contribution in [0.15, 0.2) is 5.38 Å². The summed E-state index contributed by atoms with van der Waals surface area (Å²) in [7, 11) is -5.30. The Morgan fingerprint density at radius 3 is 2.26 bits per heavy atom. The number of alkyl halides is 3. The molecular weight excluding hydrogens is 455 g/mol. The number of aromatic nitrogens is 1. The fourth-order valence-corrected chi connectivity index (χ4v) is 6.32. The summed E-state index contributed by atoms with van der Waals surface area (Å²) in [5.41, 5.74) is -5.28. The highest BCUT2D eigenvalue weighted by Gasteiger charge is 2.50. The molecule has 1 aliphatic heterocycles. The van der Waals surface area contributed by atoms with Gasteiger partial charge < -0.3 is 9.64 Å². The largest absolute Gasteiger partial charge is 0.511 e. The van der Waals surface area contributed by atoms with Crippen molar-refractivity contribution in [1.29, 1.82) is 0 Å². The number of halogens is 3. The lowest BCUT2D eigenvalue weighted by Crippen LogP contribution is -2.44. The molecule has 0 N–H and O–H groups in total. The molecule has 1 aromatic heterocycles. The van der Waals surface area contributed by atoms with Gasteiger partial charge in [0.25, 0.3) is 0 Å². The van der Waals surface area contributed by atoms with Crippen molar-refractivity contribution in [3.8, 4) is 5.88 Å². The quantitative estimate of drug-likeness (QED) is 0.620. The van der Waals surface area contributed by atoms with Crippen LogP contribution in [-0.2, 0) is 10.0 Å². The van der Waals surface area contributed by atoms with E-state index in [9.17, 15) is 26.4 Å². The summed E-state index contributed by atoms with van der Waals surface area (Å²) in [6.07, 6.45) is 7.51. The molecule has 0 unspecified atom stereocenters. The molecule has 3 fully saturated rings. The molecule has 0 aromatic carbocycles. The molecule has 4 rings (SSSR count). The summed E-state index contributed by atoms with van der Waals surface area (Å²) in [6.45, 7) is -0.420. The lowest BCUT2D eigenvalue weighted by atomic mass is 9.94. The number of thiazole rings is 1. The molecule has 0 radical (unpaired) electrons. The number of ether oxygens (including phenoxy) is 1. The van der Waals surface area contributed by atoms with Crippen LogP contribution >= 0.6 is 11.3 Å². The minimum Gasteiger partial charge on any atom is -0.390 e. The van der Waals surface area contributed by atoms with Gasteiger partial charge in [-0.1, -0.05) is 19.3 Å². The van der Waals surface area contributed by atoms with Crippen molar-refractivity contribution in [1.82, 2.24) is 14.2 Å². The third-order valence-corrected chi connectivity index (χ3v) is 8.86. The van der Waals surface area contributed by atoms with E-state index in [1.807, 2.05) is 4.90 Å². The fourth-order valence-electron chi connectivity index (χ4n) is 4.45. The van der Waals surface area contributed by atoms with Gasteiger partial charge in [0.1, 0.15) is 0 Å². The topological polar surface area (TPSA) is 79.8 Å². The molecule has 31 heavy (non-hydrogen) atoms. The van der Waals surface area contributed by atoms with Crippen LogP contribution in [0.3, 0.4) is 0 Å². The van der Waals surface area contributed by atoms with E-state index >= 15 is 0 Å². The minimum absolute atomic E-state index is 0.157. The van der Waals surface area contributed by atoms with Gasteiger partial charge in [0.15, 0.2) is 0 Å². The first-order valence-corrected chi connectivity index (χ1v) is 13.0. The maximum absolute atomic E-state index is 12.8. The molecule has 7 nitrogen and oxygen atoms in total. The lowest BCUT2D eigenvalue weighted by molar-refractivity contribution is -0.0494. The molecular formula is C19H26F3N3O4S2. The standard InChI is InChI=1S/C19H26F3N3O4S2/c20-19(21,22)31(27,28)24-10-8-13(9-11-24)17-23-16(12-30-17)29-18(26)25(15-6-7-15)14-4-2-1-3-5-14/h12-15H,1-11H2. The molecule has 3 aliphatic rings. The Balaban J connectivity index is 1.35. The van der Waals surface area contributed by atoms with E-state index in [4.69, 9.17) is 4.74 Å². The van der Waals surface area contributed by atoms with Crippen molar-refractivity contribution in [3.05, 3.63) is 10.4 Å². The summed E-state index contributed by atoms with van der Waals surface area (Å²) in [4.78, 5) is 19.1. The van der Waals surface area contributed by atoms with Gasteiger partial charge >= 0.3 is 21.6 Å². The zero-order valence-corrected chi connectivity index (χ0v) is 18.6. The summed E-state index contributed by atoms with van der Waals surface area (Å²) in [5.74, 6) is 0.0480. The third-order valence-electron chi connectivity index (χ3n) is 6.25. The average molecular weight is 482 g/mol. The van der Waals surface area contributed by atoms with Crippen molar-refractivity contribution < 1.29 is 31.1 Å². The van der Waals surface area contributed by atoms with Crippen molar-refractivity contribution in [2.24, 2.45) is 0 Å². The Hall–Kier alpha value is -1.40. The second-order valence-electron chi connectivity index (χ2n) is 8.45. The van der Waals surface area contributed by atoms with Crippen LogP contribution in [0.2, 0.25) is 0 Å². The highest BCUT2D eigenvalue weighted by Crippen LogP contribution is 2.37. The number of carbonyl (C=O) groups is 1. The number of hydrogen-bond acceptors (Lipinski definition) is 6. The van der Waals surface area contributed by atoms with Crippen LogP contribution in [0.5, 0.6) is 5.88 Å². The Morgan fingerprint density at radius 2 is 1.68 bits per heavy atom. The van der Waals surface area contributed by atoms with Gasteiger partial charge in [0.05, 0.1) is 10.4 Å². The molecule has 1 aromatic rings. The monoisotopic (exact) mass is 481 g/mol. The van der Waals surface area contributed by atoms with Crippen molar-refractivity contribution in [3.63, 3.8) is 0 Å². The molecule has 174 valence electrons. The van der Waals surface area contributed by atoms with Crippen LogP contribution < -0.4 is 4.74 Å². The number of rotatable bonds is 5. The number of amides is 1. The number of piperidine rings is 1. The van der Waals surface area contributed by atoms with E-state index in [0.29, 0.717) is 9.31 Å². The normalized spacial score (nSPS) is 22.4. The van der Waals surface area contributed by atoms with E-state index in [-0.39, 0.29) is 55.9 Å². The zero-order valence-electron chi connectivity index (χ0n) is 17.0. The fraction of sp³-hybridized carbons (Fsp3) is 0.789. The predicted molar refractivity (Wildman–Crippen MR) is 108 cm³/mol. The average Bonchev–Trinajstić information content (AvgIpc) is 3.45. The Kier molecular flexibility index (Phi) is 6.51. The first-order valence-electron chi connectivity index (χ1n) is 10.7. The van der Waals surface area contributed by atoms with Crippen LogP contribution in [0.25, 0.3) is 0 Å². The van der Waals surface area contributed by atoms with Gasteiger partial charge in [0, 0.05) is 31.1 Å². The van der Waals surface area contributed by atoms with Crippen LogP contribution in [-0.4, -0.2) is 59.4 Å². The molecule has 0 spiro atoms. The maximum atomic E-state index is 12.8. The summed E-state index contributed by atoms with van der Waals surface area (Å²) in [5, 5.41) is 2.29. The SMILES string of the molecule is O=C(Oc1csc(C2CCN(S(=O)(=O)C(F)(F)F)CC2)n1)N(C1CCCCC1)C1CC1.